The van der Waals surface area contributed by atoms with Crippen LogP contribution in [0.4, 0.5) is 0 Å². The van der Waals surface area contributed by atoms with Crippen molar-refractivity contribution < 1.29 is 9.84 Å². The lowest BCUT2D eigenvalue weighted by atomic mass is 9.89. The Morgan fingerprint density at radius 2 is 2.27 bits per heavy atom. The smallest absolute Gasteiger partial charge is 0.126 e. The van der Waals surface area contributed by atoms with E-state index in [1.165, 1.54) is 11.1 Å². The van der Waals surface area contributed by atoms with Gasteiger partial charge >= 0.3 is 0 Å². The van der Waals surface area contributed by atoms with Gasteiger partial charge in [0.05, 0.1) is 0 Å². The van der Waals surface area contributed by atoms with Crippen molar-refractivity contribution in [3.05, 3.63) is 29.3 Å². The third-order valence-corrected chi connectivity index (χ3v) is 3.84. The van der Waals surface area contributed by atoms with E-state index in [-0.39, 0.29) is 6.61 Å². The molecule has 2 aliphatic rings. The zero-order chi connectivity index (χ0) is 10.4. The Bertz CT molecular complexity index is 386. The predicted molar refractivity (Wildman–Crippen MR) is 58.1 cm³/mol. The third kappa shape index (κ3) is 1.21. The molecule has 0 bridgehead atoms. The first-order chi connectivity index (χ1) is 7.31. The van der Waals surface area contributed by atoms with Crippen molar-refractivity contribution in [2.45, 2.75) is 31.8 Å². The summed E-state index contributed by atoms with van der Waals surface area (Å²) in [6, 6.07) is 6.33. The Labute approximate surface area is 89.9 Å². The van der Waals surface area contributed by atoms with Gasteiger partial charge in [0.1, 0.15) is 11.9 Å². The fourth-order valence-electron chi connectivity index (χ4n) is 3.08. The molecule has 1 saturated carbocycles. The molecule has 0 saturated heterocycles. The molecule has 1 aromatic rings. The maximum atomic E-state index is 9.35. The largest absolute Gasteiger partial charge is 0.489 e. The van der Waals surface area contributed by atoms with E-state index >= 15 is 0 Å². The fourth-order valence-corrected chi connectivity index (χ4v) is 3.08. The van der Waals surface area contributed by atoms with Crippen LogP contribution in [-0.4, -0.2) is 17.8 Å². The lowest BCUT2D eigenvalue weighted by Crippen LogP contribution is -2.17. The van der Waals surface area contributed by atoms with Crippen molar-refractivity contribution in [1.29, 1.82) is 0 Å². The molecule has 15 heavy (non-hydrogen) atoms. The zero-order valence-corrected chi connectivity index (χ0v) is 8.94. The van der Waals surface area contributed by atoms with Gasteiger partial charge < -0.3 is 9.84 Å². The second-order valence-corrected chi connectivity index (χ2v) is 4.70. The molecule has 0 radical (unpaired) electrons. The van der Waals surface area contributed by atoms with E-state index in [1.807, 2.05) is 0 Å². The minimum absolute atomic E-state index is 0.290. The summed E-state index contributed by atoms with van der Waals surface area (Å²) in [5.74, 6) is 1.91. The van der Waals surface area contributed by atoms with Gasteiger partial charge in [-0.1, -0.05) is 18.2 Å². The minimum atomic E-state index is 0.290. The highest BCUT2D eigenvalue weighted by Crippen LogP contribution is 2.50. The maximum Gasteiger partial charge on any atom is 0.126 e. The Morgan fingerprint density at radius 1 is 1.40 bits per heavy atom. The molecule has 2 unspecified atom stereocenters. The average Bonchev–Trinajstić information content (AvgIpc) is 2.77. The van der Waals surface area contributed by atoms with Crippen LogP contribution in [0.25, 0.3) is 0 Å². The van der Waals surface area contributed by atoms with Crippen LogP contribution in [0.1, 0.15) is 29.9 Å². The van der Waals surface area contributed by atoms with Gasteiger partial charge in [-0.15, -0.1) is 0 Å². The van der Waals surface area contributed by atoms with Gasteiger partial charge in [0, 0.05) is 18.1 Å². The predicted octanol–water partition coefficient (Wildman–Crippen LogP) is 2.24. The minimum Gasteiger partial charge on any atom is -0.489 e. The summed E-state index contributed by atoms with van der Waals surface area (Å²) in [7, 11) is 0. The third-order valence-electron chi connectivity index (χ3n) is 3.84. The van der Waals surface area contributed by atoms with Gasteiger partial charge in [-0.3, -0.25) is 0 Å². The summed E-state index contributed by atoms with van der Waals surface area (Å²) in [6.07, 6.45) is 2.50. The van der Waals surface area contributed by atoms with E-state index in [2.05, 4.69) is 25.1 Å². The van der Waals surface area contributed by atoms with E-state index < -0.39 is 0 Å². The van der Waals surface area contributed by atoms with Crippen LogP contribution in [0.15, 0.2) is 18.2 Å². The van der Waals surface area contributed by atoms with Gasteiger partial charge in [0.15, 0.2) is 0 Å². The Kier molecular flexibility index (Phi) is 1.99. The normalized spacial score (nSPS) is 32.3. The molecular formula is C13H16O2. The summed E-state index contributed by atoms with van der Waals surface area (Å²) < 4.78 is 5.98. The number of benzene rings is 1. The van der Waals surface area contributed by atoms with Gasteiger partial charge in [-0.25, -0.2) is 0 Å². The van der Waals surface area contributed by atoms with Crippen molar-refractivity contribution >= 4 is 0 Å². The van der Waals surface area contributed by atoms with Crippen LogP contribution in [0.2, 0.25) is 0 Å². The maximum absolute atomic E-state index is 9.35. The summed E-state index contributed by atoms with van der Waals surface area (Å²) in [4.78, 5) is 0. The molecule has 3 atom stereocenters. The summed E-state index contributed by atoms with van der Waals surface area (Å²) >= 11 is 0. The molecule has 80 valence electrons. The Morgan fingerprint density at radius 3 is 3.07 bits per heavy atom. The van der Waals surface area contributed by atoms with Crippen molar-refractivity contribution in [3.63, 3.8) is 0 Å². The number of aliphatic hydroxyl groups excluding tert-OH is 1. The number of fused-ring (bicyclic) bond motifs is 3. The number of hydrogen-bond acceptors (Lipinski definition) is 2. The quantitative estimate of drug-likeness (QED) is 0.760. The molecule has 0 aromatic heterocycles. The van der Waals surface area contributed by atoms with Crippen molar-refractivity contribution in [1.82, 2.24) is 0 Å². The molecule has 1 fully saturated rings. The van der Waals surface area contributed by atoms with E-state index in [0.29, 0.717) is 17.9 Å². The molecule has 1 aromatic carbocycles. The van der Waals surface area contributed by atoms with Gasteiger partial charge in [-0.05, 0) is 31.2 Å². The van der Waals surface area contributed by atoms with Gasteiger partial charge in [-0.2, -0.15) is 0 Å². The molecule has 1 heterocycles. The standard InChI is InChI=1S/C13H16O2/c1-8-3-2-4-10-12-9(7-14)5-6-11(12)15-13(8)10/h2-4,9,11-12,14H,5-7H2,1H3/t9-,11?,12?/m1/s1. The van der Waals surface area contributed by atoms with E-state index in [9.17, 15) is 5.11 Å². The van der Waals surface area contributed by atoms with Crippen LogP contribution in [0, 0.1) is 12.8 Å². The van der Waals surface area contributed by atoms with E-state index in [1.54, 1.807) is 0 Å². The van der Waals surface area contributed by atoms with Crippen molar-refractivity contribution in [2.75, 3.05) is 6.61 Å². The Balaban J connectivity index is 2.05. The van der Waals surface area contributed by atoms with Crippen LogP contribution >= 0.6 is 0 Å². The lowest BCUT2D eigenvalue weighted by molar-refractivity contribution is 0.186. The first-order valence-corrected chi connectivity index (χ1v) is 5.68. The lowest BCUT2D eigenvalue weighted by Gasteiger charge is -2.14. The molecule has 2 heteroatoms. The molecule has 0 amide bonds. The number of ether oxygens (including phenoxy) is 1. The number of aliphatic hydroxyl groups is 1. The summed E-state index contributed by atoms with van der Waals surface area (Å²) in [5.41, 5.74) is 2.54. The molecule has 3 rings (SSSR count). The van der Waals surface area contributed by atoms with Crippen LogP contribution < -0.4 is 4.74 Å². The average molecular weight is 204 g/mol. The zero-order valence-electron chi connectivity index (χ0n) is 8.94. The first-order valence-electron chi connectivity index (χ1n) is 5.68. The van der Waals surface area contributed by atoms with Crippen LogP contribution in [0.3, 0.4) is 0 Å². The molecule has 2 nitrogen and oxygen atoms in total. The number of aryl methyl sites for hydroxylation is 1. The topological polar surface area (TPSA) is 29.5 Å². The fraction of sp³-hybridized carbons (Fsp3) is 0.538. The molecular weight excluding hydrogens is 188 g/mol. The molecule has 0 spiro atoms. The highest BCUT2D eigenvalue weighted by Gasteiger charge is 2.44. The second kappa shape index (κ2) is 3.24. The van der Waals surface area contributed by atoms with Gasteiger partial charge in [0.25, 0.3) is 0 Å². The molecule has 1 aliphatic heterocycles. The van der Waals surface area contributed by atoms with E-state index in [0.717, 1.165) is 18.6 Å². The molecule has 1 N–H and O–H groups in total. The van der Waals surface area contributed by atoms with E-state index in [4.69, 9.17) is 4.74 Å². The molecule has 1 aliphatic carbocycles. The second-order valence-electron chi connectivity index (χ2n) is 4.70. The monoisotopic (exact) mass is 204 g/mol. The van der Waals surface area contributed by atoms with Gasteiger partial charge in [0.2, 0.25) is 0 Å². The number of rotatable bonds is 1. The SMILES string of the molecule is Cc1cccc2c1OC1CC[C@H](CO)C21. The number of hydrogen-bond donors (Lipinski definition) is 1. The first kappa shape index (κ1) is 9.22. The van der Waals surface area contributed by atoms with Crippen molar-refractivity contribution in [2.24, 2.45) is 5.92 Å². The van der Waals surface area contributed by atoms with Crippen molar-refractivity contribution in [3.8, 4) is 5.75 Å². The summed E-state index contributed by atoms with van der Waals surface area (Å²) in [6.45, 7) is 2.38. The Hall–Kier alpha value is -1.02. The summed E-state index contributed by atoms with van der Waals surface area (Å²) in [5, 5.41) is 9.35. The number of para-hydroxylation sites is 1. The van der Waals surface area contributed by atoms with Crippen LogP contribution in [-0.2, 0) is 0 Å². The highest BCUT2D eigenvalue weighted by molar-refractivity contribution is 5.47. The highest BCUT2D eigenvalue weighted by atomic mass is 16.5. The van der Waals surface area contributed by atoms with Crippen LogP contribution in [0.5, 0.6) is 5.75 Å².